The van der Waals surface area contributed by atoms with Crippen LogP contribution in [-0.2, 0) is 10.3 Å². The summed E-state index contributed by atoms with van der Waals surface area (Å²) in [6.45, 7) is 12.7. The van der Waals surface area contributed by atoms with E-state index in [1.165, 1.54) is 6.20 Å². The average Bonchev–Trinajstić information content (AvgIpc) is 3.33. The highest BCUT2D eigenvalue weighted by Crippen LogP contribution is 2.55. The largest absolute Gasteiger partial charge is 0.385 e. The molecule has 0 radical (unpaired) electrons. The van der Waals surface area contributed by atoms with Crippen molar-refractivity contribution in [2.24, 2.45) is 5.41 Å². The highest BCUT2D eigenvalue weighted by Gasteiger charge is 2.54. The highest BCUT2D eigenvalue weighted by atomic mass is 127. The summed E-state index contributed by atoms with van der Waals surface area (Å²) in [6.07, 6.45) is 5.44. The summed E-state index contributed by atoms with van der Waals surface area (Å²) >= 11 is -0.279. The molecule has 3 N–H and O–H groups in total. The van der Waals surface area contributed by atoms with Gasteiger partial charge >= 0.3 is 0 Å². The summed E-state index contributed by atoms with van der Waals surface area (Å²) in [5.41, 5.74) is 2.24. The lowest BCUT2D eigenvalue weighted by Gasteiger charge is -2.46. The lowest BCUT2D eigenvalue weighted by Crippen LogP contribution is -2.50. The SMILES string of the molecule is C/C(=C\CC(C)(C)C)c1cc([C@@]2(O)C[C@@]3(C)O[C@](C)(C=I3)C2)ccc1NC(=O)c1ncc(C#N)[nH]1. The van der Waals surface area contributed by atoms with Crippen LogP contribution in [0.3, 0.4) is 0 Å². The summed E-state index contributed by atoms with van der Waals surface area (Å²) in [7, 11) is 0. The first-order chi connectivity index (χ1) is 16.2. The molecule has 2 aromatic rings. The number of alkyl halides is 1. The van der Waals surface area contributed by atoms with Crippen molar-refractivity contribution < 1.29 is 14.6 Å². The third-order valence-corrected chi connectivity index (χ3v) is 9.92. The fourth-order valence-electron chi connectivity index (χ4n) is 4.79. The number of aromatic nitrogens is 2. The monoisotopic (exact) mass is 588 g/mol. The number of ether oxygens (including phenoxy) is 1. The molecule has 4 rings (SSSR count). The molecule has 1 amide bonds. The molecular weight excluding hydrogens is 555 g/mol. The second-order valence-electron chi connectivity index (χ2n) is 11.2. The molecule has 1 aromatic carbocycles. The van der Waals surface area contributed by atoms with E-state index in [2.05, 4.69) is 60.0 Å². The number of allylic oxidation sites excluding steroid dienone is 2. The van der Waals surface area contributed by atoms with Crippen LogP contribution in [-0.4, -0.2) is 34.2 Å². The van der Waals surface area contributed by atoms with Crippen molar-refractivity contribution in [1.82, 2.24) is 9.97 Å². The molecule has 0 saturated carbocycles. The molecule has 2 bridgehead atoms. The maximum absolute atomic E-state index is 12.9. The number of hydrogen-bond acceptors (Lipinski definition) is 5. The number of aromatic amines is 1. The Kier molecular flexibility index (Phi) is 6.58. The minimum atomic E-state index is -1.02. The number of nitrogens with one attached hydrogen (secondary N) is 2. The number of aliphatic hydroxyl groups is 1. The topological polar surface area (TPSA) is 111 Å². The van der Waals surface area contributed by atoms with Crippen molar-refractivity contribution in [3.63, 3.8) is 0 Å². The van der Waals surface area contributed by atoms with Gasteiger partial charge in [-0.1, -0.05) is 53.6 Å². The predicted molar refractivity (Wildman–Crippen MR) is 147 cm³/mol. The molecule has 0 spiro atoms. The van der Waals surface area contributed by atoms with E-state index in [9.17, 15) is 9.90 Å². The van der Waals surface area contributed by atoms with Gasteiger partial charge in [0.2, 0.25) is 0 Å². The zero-order valence-corrected chi connectivity index (χ0v) is 23.3. The lowest BCUT2D eigenvalue weighted by atomic mass is 9.76. The maximum Gasteiger partial charge on any atom is 0.291 e. The van der Waals surface area contributed by atoms with E-state index in [1.54, 1.807) is 0 Å². The molecule has 2 aliphatic rings. The second kappa shape index (κ2) is 8.95. The van der Waals surface area contributed by atoms with Crippen LogP contribution < -0.4 is 5.32 Å². The van der Waals surface area contributed by atoms with E-state index < -0.39 is 17.1 Å². The van der Waals surface area contributed by atoms with E-state index in [1.807, 2.05) is 31.2 Å². The zero-order valence-electron chi connectivity index (χ0n) is 21.1. The zero-order chi connectivity index (χ0) is 25.6. The highest BCUT2D eigenvalue weighted by molar-refractivity contribution is 14.2. The number of anilines is 1. The normalized spacial score (nSPS) is 28.3. The number of imidazole rings is 1. The van der Waals surface area contributed by atoms with Crippen LogP contribution in [0.25, 0.3) is 5.57 Å². The fraction of sp³-hybridized carbons (Fsp3) is 0.481. The second-order valence-corrected chi connectivity index (χ2v) is 14.8. The first-order valence-electron chi connectivity index (χ1n) is 11.7. The van der Waals surface area contributed by atoms with Gasteiger partial charge in [0.25, 0.3) is 5.91 Å². The standard InChI is InChI=1S/C27H33IN4O3/c1-17(9-10-24(2,3)4)20-11-18(27(34)14-25(5)16-28-26(6,15-27)35-25)7-8-21(20)32-23(33)22-30-13-19(12-29)31-22/h7-9,11,13,16,34H,10,14-15H2,1-6H3,(H,30,31)(H,32,33)/b17-9+/t25-,26+,27-/m0/s1. The summed E-state index contributed by atoms with van der Waals surface area (Å²) in [6, 6.07) is 7.70. The van der Waals surface area contributed by atoms with E-state index in [-0.39, 0.29) is 41.3 Å². The van der Waals surface area contributed by atoms with Crippen molar-refractivity contribution in [1.29, 1.82) is 5.26 Å². The van der Waals surface area contributed by atoms with Crippen molar-refractivity contribution in [3.05, 3.63) is 53.1 Å². The molecule has 1 saturated heterocycles. The molecular formula is C27H33IN4O3. The van der Waals surface area contributed by atoms with Crippen LogP contribution in [0.1, 0.15) is 88.2 Å². The van der Waals surface area contributed by atoms with E-state index in [0.29, 0.717) is 18.5 Å². The van der Waals surface area contributed by atoms with E-state index >= 15 is 0 Å². The molecule has 0 unspecified atom stereocenters. The molecule has 7 nitrogen and oxygen atoms in total. The van der Waals surface area contributed by atoms with Crippen LogP contribution in [0.2, 0.25) is 0 Å². The number of H-pyrrole nitrogens is 1. The Bertz CT molecular complexity index is 1250. The fourth-order valence-corrected chi connectivity index (χ4v) is 7.94. The number of hydrogen-bond donors (Lipinski definition) is 3. The number of carbonyl (C=O) groups excluding carboxylic acids is 1. The lowest BCUT2D eigenvalue weighted by molar-refractivity contribution is -0.162. The number of nitriles is 1. The number of benzene rings is 1. The molecule has 3 heterocycles. The molecule has 2 aliphatic heterocycles. The average molecular weight is 588 g/mol. The van der Waals surface area contributed by atoms with E-state index in [4.69, 9.17) is 10.00 Å². The van der Waals surface area contributed by atoms with Gasteiger partial charge in [-0.05, 0) is 59.9 Å². The van der Waals surface area contributed by atoms with Gasteiger partial charge in [-0.2, -0.15) is 5.26 Å². The van der Waals surface area contributed by atoms with Gasteiger partial charge in [-0.25, -0.2) is 4.98 Å². The molecule has 186 valence electrons. The Morgan fingerprint density at radius 3 is 2.74 bits per heavy atom. The van der Waals surface area contributed by atoms with Gasteiger partial charge in [0.15, 0.2) is 5.82 Å². The smallest absolute Gasteiger partial charge is 0.291 e. The van der Waals surface area contributed by atoms with Crippen LogP contribution >= 0.6 is 20.7 Å². The molecule has 1 aromatic heterocycles. The maximum atomic E-state index is 12.9. The van der Waals surface area contributed by atoms with Crippen LogP contribution in [0.4, 0.5) is 5.69 Å². The number of carbonyl (C=O) groups is 1. The Morgan fingerprint density at radius 2 is 2.11 bits per heavy atom. The van der Waals surface area contributed by atoms with Crippen LogP contribution in [0, 0.1) is 16.7 Å². The van der Waals surface area contributed by atoms with Gasteiger partial charge in [0.1, 0.15) is 15.4 Å². The number of halogens is 1. The quantitative estimate of drug-likeness (QED) is 0.310. The third kappa shape index (κ3) is 5.57. The number of nitrogens with zero attached hydrogens (tertiary/aromatic N) is 2. The first-order valence-corrected chi connectivity index (χ1v) is 14.1. The number of amides is 1. The predicted octanol–water partition coefficient (Wildman–Crippen LogP) is 5.63. The minimum Gasteiger partial charge on any atom is -0.385 e. The molecule has 1 fully saturated rings. The summed E-state index contributed by atoms with van der Waals surface area (Å²) in [5.74, 6) is -0.348. The van der Waals surface area contributed by atoms with Gasteiger partial charge in [0.05, 0.1) is 17.4 Å². The Morgan fingerprint density at radius 1 is 1.37 bits per heavy atom. The minimum absolute atomic E-state index is 0.0767. The number of rotatable bonds is 5. The third-order valence-electron chi connectivity index (χ3n) is 6.38. The van der Waals surface area contributed by atoms with Gasteiger partial charge in [-0.3, -0.25) is 4.79 Å². The van der Waals surface area contributed by atoms with Gasteiger partial charge < -0.3 is 20.1 Å². The first kappa shape index (κ1) is 25.7. The van der Waals surface area contributed by atoms with E-state index in [0.717, 1.165) is 23.1 Å². The summed E-state index contributed by atoms with van der Waals surface area (Å²) in [5, 5.41) is 23.8. The van der Waals surface area contributed by atoms with Crippen molar-refractivity contribution in [2.45, 2.75) is 75.6 Å². The van der Waals surface area contributed by atoms with Crippen molar-refractivity contribution in [3.8, 4) is 6.07 Å². The van der Waals surface area contributed by atoms with Gasteiger partial charge in [0, 0.05) is 24.1 Å². The molecule has 0 aliphatic carbocycles. The van der Waals surface area contributed by atoms with Crippen molar-refractivity contribution in [2.75, 3.05) is 5.32 Å². The van der Waals surface area contributed by atoms with Crippen LogP contribution in [0.5, 0.6) is 0 Å². The Hall–Kier alpha value is -2.35. The number of fused-ring (bicyclic) bond motifs is 2. The summed E-state index contributed by atoms with van der Waals surface area (Å²) in [4.78, 5) is 19.6. The molecule has 3 atom stereocenters. The Labute approximate surface area is 216 Å². The summed E-state index contributed by atoms with van der Waals surface area (Å²) < 4.78 is 8.31. The molecule has 8 heteroatoms. The van der Waals surface area contributed by atoms with Crippen LogP contribution in [0.15, 0.2) is 30.5 Å². The Balaban J connectivity index is 1.72. The molecule has 35 heavy (non-hydrogen) atoms. The van der Waals surface area contributed by atoms with Crippen molar-refractivity contribution >= 4 is 41.9 Å². The van der Waals surface area contributed by atoms with Gasteiger partial charge in [-0.15, -0.1) is 0 Å².